The second-order valence-corrected chi connectivity index (χ2v) is 12.4. The van der Waals surface area contributed by atoms with Gasteiger partial charge in [0.25, 0.3) is 0 Å². The molecule has 39 heavy (non-hydrogen) atoms. The van der Waals surface area contributed by atoms with Gasteiger partial charge in [-0.1, -0.05) is 66.2 Å². The second kappa shape index (κ2) is 13.9. The standard InChI is InChI=1S/C24H24N.C11H20O2.Ir/c1-15-10-16(2)12-19(11-15)24-22-5-3-4-20(21(22)8-9-25-24)23-14-17-6-7-18(23)13-17;1-8(2)5-10(12)7-11(13)6-9(3)4;/h3-5,8-11,17-18,23H,6-7,13-14H2,1-2H3;7-9,12H,5-6H2,1-4H3;/q-1;;/b;10-7-;. The largest absolute Gasteiger partial charge is 0.512 e. The second-order valence-electron chi connectivity index (χ2n) is 12.4. The molecule has 2 aliphatic carbocycles. The minimum atomic E-state index is 0. The maximum Gasteiger partial charge on any atom is 0.159 e. The van der Waals surface area contributed by atoms with Crippen molar-refractivity contribution in [3.8, 4) is 11.3 Å². The Morgan fingerprint density at radius 3 is 2.38 bits per heavy atom. The number of fused-ring (bicyclic) bond motifs is 3. The van der Waals surface area contributed by atoms with Crippen LogP contribution in [0.4, 0.5) is 0 Å². The number of aromatic nitrogens is 1. The van der Waals surface area contributed by atoms with Crippen LogP contribution in [0.1, 0.15) is 88.8 Å². The summed E-state index contributed by atoms with van der Waals surface area (Å²) in [6.45, 7) is 12.3. The van der Waals surface area contributed by atoms with E-state index in [-0.39, 0.29) is 31.6 Å². The fraction of sp³-hybridized carbons (Fsp3) is 0.486. The first-order valence-electron chi connectivity index (χ1n) is 14.4. The molecule has 0 amide bonds. The van der Waals surface area contributed by atoms with E-state index in [4.69, 9.17) is 4.98 Å². The van der Waals surface area contributed by atoms with Crippen molar-refractivity contribution in [3.05, 3.63) is 77.2 Å². The maximum absolute atomic E-state index is 11.2. The molecule has 211 valence electrons. The van der Waals surface area contributed by atoms with Gasteiger partial charge in [0.2, 0.25) is 0 Å². The fourth-order valence-electron chi connectivity index (χ4n) is 6.54. The summed E-state index contributed by atoms with van der Waals surface area (Å²) in [5.41, 5.74) is 6.20. The van der Waals surface area contributed by atoms with Crippen molar-refractivity contribution in [2.75, 3.05) is 0 Å². The van der Waals surface area contributed by atoms with Crippen LogP contribution in [0, 0.1) is 43.6 Å². The summed E-state index contributed by atoms with van der Waals surface area (Å²) < 4.78 is 0. The van der Waals surface area contributed by atoms with E-state index in [2.05, 4.69) is 56.3 Å². The first-order chi connectivity index (χ1) is 18.1. The molecule has 3 atom stereocenters. The number of aliphatic hydroxyl groups is 1. The number of nitrogens with zero attached hydrogens (tertiary/aromatic N) is 1. The molecular weight excluding hydrogens is 659 g/mol. The number of hydrogen-bond acceptors (Lipinski definition) is 3. The Bertz CT molecular complexity index is 1290. The summed E-state index contributed by atoms with van der Waals surface area (Å²) in [6, 6.07) is 17.0. The van der Waals surface area contributed by atoms with Crippen molar-refractivity contribution < 1.29 is 30.0 Å². The zero-order chi connectivity index (χ0) is 27.4. The molecule has 3 nitrogen and oxygen atoms in total. The monoisotopic (exact) mass is 703 g/mol. The Balaban J connectivity index is 0.000000260. The van der Waals surface area contributed by atoms with Crippen molar-refractivity contribution in [2.45, 2.75) is 86.0 Å². The summed E-state index contributed by atoms with van der Waals surface area (Å²) in [4.78, 5) is 16.0. The van der Waals surface area contributed by atoms with E-state index in [0.29, 0.717) is 24.7 Å². The number of carbonyl (C=O) groups is 1. The minimum Gasteiger partial charge on any atom is -0.512 e. The van der Waals surface area contributed by atoms with Crippen LogP contribution in [0.2, 0.25) is 0 Å². The van der Waals surface area contributed by atoms with Crippen molar-refractivity contribution in [1.29, 1.82) is 0 Å². The van der Waals surface area contributed by atoms with Crippen LogP contribution in [0.3, 0.4) is 0 Å². The zero-order valence-electron chi connectivity index (χ0n) is 24.4. The van der Waals surface area contributed by atoms with Crippen molar-refractivity contribution in [1.82, 2.24) is 4.98 Å². The zero-order valence-corrected chi connectivity index (χ0v) is 26.8. The summed E-state index contributed by atoms with van der Waals surface area (Å²) >= 11 is 0. The molecule has 1 aromatic heterocycles. The molecule has 2 saturated carbocycles. The van der Waals surface area contributed by atoms with Crippen LogP contribution in [0.25, 0.3) is 22.0 Å². The van der Waals surface area contributed by atoms with Crippen molar-refractivity contribution in [2.24, 2.45) is 23.7 Å². The molecular formula is C35H44IrNO2-. The van der Waals surface area contributed by atoms with Gasteiger partial charge in [-0.15, -0.1) is 34.9 Å². The van der Waals surface area contributed by atoms with Gasteiger partial charge in [-0.05, 0) is 76.9 Å². The molecule has 4 heteroatoms. The first-order valence-corrected chi connectivity index (χ1v) is 14.4. The Hall–Kier alpha value is -2.29. The van der Waals surface area contributed by atoms with Gasteiger partial charge in [0.05, 0.1) is 5.76 Å². The maximum atomic E-state index is 11.2. The number of rotatable bonds is 7. The third-order valence-corrected chi connectivity index (χ3v) is 7.93. The molecule has 2 aliphatic rings. The molecule has 2 aromatic carbocycles. The number of allylic oxidation sites excluding steroid dienone is 2. The predicted octanol–water partition coefficient (Wildman–Crippen LogP) is 9.31. The number of aliphatic hydroxyl groups excluding tert-OH is 1. The molecule has 0 saturated heterocycles. The summed E-state index contributed by atoms with van der Waals surface area (Å²) in [7, 11) is 0. The van der Waals surface area contributed by atoms with E-state index in [9.17, 15) is 9.90 Å². The quantitative estimate of drug-likeness (QED) is 0.152. The Labute approximate surface area is 248 Å². The number of benzene rings is 2. The molecule has 3 aromatic rings. The number of pyridine rings is 1. The van der Waals surface area contributed by atoms with Gasteiger partial charge < -0.3 is 10.1 Å². The number of carbonyl (C=O) groups excluding carboxylic acids is 1. The average Bonchev–Trinajstić information content (AvgIpc) is 3.46. The Morgan fingerprint density at radius 1 is 1.03 bits per heavy atom. The fourth-order valence-corrected chi connectivity index (χ4v) is 6.54. The summed E-state index contributed by atoms with van der Waals surface area (Å²) in [5.74, 6) is 3.60. The number of aryl methyl sites for hydroxylation is 2. The van der Waals surface area contributed by atoms with Gasteiger partial charge in [-0.25, -0.2) is 0 Å². The molecule has 0 spiro atoms. The molecule has 1 N–H and O–H groups in total. The van der Waals surface area contributed by atoms with Gasteiger partial charge in [0.15, 0.2) is 5.78 Å². The smallest absolute Gasteiger partial charge is 0.159 e. The van der Waals surface area contributed by atoms with E-state index in [0.717, 1.165) is 29.0 Å². The first kappa shape index (κ1) is 31.2. The van der Waals surface area contributed by atoms with Crippen LogP contribution in [-0.2, 0) is 24.9 Å². The van der Waals surface area contributed by atoms with E-state index < -0.39 is 0 Å². The molecule has 0 aliphatic heterocycles. The van der Waals surface area contributed by atoms with E-state index in [1.54, 1.807) is 5.56 Å². The van der Waals surface area contributed by atoms with Crippen LogP contribution in [0.5, 0.6) is 0 Å². The number of hydrogen-bond donors (Lipinski definition) is 1. The molecule has 1 radical (unpaired) electrons. The number of ketones is 1. The van der Waals surface area contributed by atoms with Gasteiger partial charge in [0, 0.05) is 45.2 Å². The molecule has 1 heterocycles. The predicted molar refractivity (Wildman–Crippen MR) is 158 cm³/mol. The average molecular weight is 703 g/mol. The van der Waals surface area contributed by atoms with Crippen molar-refractivity contribution >= 4 is 16.6 Å². The van der Waals surface area contributed by atoms with Crippen LogP contribution in [-0.4, -0.2) is 15.9 Å². The molecule has 2 bridgehead atoms. The van der Waals surface area contributed by atoms with Crippen molar-refractivity contribution in [3.63, 3.8) is 0 Å². The normalized spacial score (nSPS) is 20.2. The van der Waals surface area contributed by atoms with E-state index >= 15 is 0 Å². The minimum absolute atomic E-state index is 0. The van der Waals surface area contributed by atoms with Crippen LogP contribution < -0.4 is 0 Å². The van der Waals surface area contributed by atoms with Gasteiger partial charge in [0.1, 0.15) is 0 Å². The Morgan fingerprint density at radius 2 is 1.77 bits per heavy atom. The van der Waals surface area contributed by atoms with E-state index in [1.165, 1.54) is 53.7 Å². The summed E-state index contributed by atoms with van der Waals surface area (Å²) in [5, 5.41) is 12.0. The van der Waals surface area contributed by atoms with Gasteiger partial charge in [-0.3, -0.25) is 4.79 Å². The summed E-state index contributed by atoms with van der Waals surface area (Å²) in [6.07, 6.45) is 10.2. The van der Waals surface area contributed by atoms with Gasteiger partial charge in [-0.2, -0.15) is 0 Å². The Kier molecular flexibility index (Phi) is 11.1. The van der Waals surface area contributed by atoms with Gasteiger partial charge >= 0.3 is 0 Å². The van der Waals surface area contributed by atoms with Crippen LogP contribution in [0.15, 0.2) is 54.4 Å². The molecule has 3 unspecified atom stereocenters. The van der Waals surface area contributed by atoms with E-state index in [1.807, 2.05) is 33.9 Å². The van der Waals surface area contributed by atoms with Crippen LogP contribution >= 0.6 is 0 Å². The topological polar surface area (TPSA) is 50.2 Å². The third-order valence-electron chi connectivity index (χ3n) is 7.93. The SMILES string of the molecule is CC(C)CC(=O)/C=C(\O)CC(C)C.Cc1[c-]c(-c2nccc3c(C4CC5CCC4C5)cccc23)cc(C)c1.[Ir]. The molecule has 2 fully saturated rings. The molecule has 5 rings (SSSR count). The third kappa shape index (κ3) is 8.12.